The zero-order chi connectivity index (χ0) is 25.4. The van der Waals surface area contributed by atoms with Crippen LogP contribution in [0.5, 0.6) is 0 Å². The number of hydrogen-bond acceptors (Lipinski definition) is 9. The first-order chi connectivity index (χ1) is 17.5. The summed E-state index contributed by atoms with van der Waals surface area (Å²) in [5.41, 5.74) is 6.89. The van der Waals surface area contributed by atoms with Crippen molar-refractivity contribution in [2.75, 3.05) is 18.9 Å². The van der Waals surface area contributed by atoms with Crippen LogP contribution < -0.4 is 5.73 Å². The fraction of sp³-hybridized carbons (Fsp3) is 0.792. The highest BCUT2D eigenvalue weighted by molar-refractivity contribution is 7.47. The molecule has 0 bridgehead atoms. The lowest BCUT2D eigenvalue weighted by molar-refractivity contribution is -0.0685. The highest BCUT2D eigenvalue weighted by Crippen LogP contribution is 2.53. The van der Waals surface area contributed by atoms with E-state index in [0.29, 0.717) is 17.8 Å². The summed E-state index contributed by atoms with van der Waals surface area (Å²) in [7, 11) is -4.16. The van der Waals surface area contributed by atoms with Crippen molar-refractivity contribution in [3.05, 3.63) is 12.7 Å². The number of nitrogens with two attached hydrogens (primary N) is 1. The van der Waals surface area contributed by atoms with Crippen molar-refractivity contribution in [1.29, 1.82) is 0 Å². The van der Waals surface area contributed by atoms with Crippen LogP contribution in [0, 0.1) is 0 Å². The number of phosphoric ester groups is 1. The first-order valence-electron chi connectivity index (χ1n) is 13.4. The molecule has 3 N–H and O–H groups in total. The summed E-state index contributed by atoms with van der Waals surface area (Å²) in [5.74, 6) is 0.266. The first kappa shape index (κ1) is 27.4. The fourth-order valence-corrected chi connectivity index (χ4v) is 5.90. The van der Waals surface area contributed by atoms with Crippen molar-refractivity contribution in [3.8, 4) is 0 Å². The van der Waals surface area contributed by atoms with Gasteiger partial charge in [0.25, 0.3) is 0 Å². The Balaban J connectivity index is 1.25. The Morgan fingerprint density at radius 1 is 1.06 bits per heavy atom. The predicted octanol–water partition coefficient (Wildman–Crippen LogP) is 4.91. The number of nitrogen functional groups attached to an aromatic ring is 1. The summed E-state index contributed by atoms with van der Waals surface area (Å²) in [6.45, 7) is 2.69. The lowest BCUT2D eigenvalue weighted by atomic mass is 10.1. The van der Waals surface area contributed by atoms with Gasteiger partial charge in [0.1, 0.15) is 30.2 Å². The number of nitrogens with zero attached hydrogens (tertiary/aromatic N) is 4. The van der Waals surface area contributed by atoms with E-state index in [0.717, 1.165) is 12.8 Å². The normalized spacial score (nSPS) is 28.1. The van der Waals surface area contributed by atoms with Crippen LogP contribution >= 0.6 is 7.82 Å². The van der Waals surface area contributed by atoms with E-state index >= 15 is 0 Å². The minimum atomic E-state index is -4.16. The van der Waals surface area contributed by atoms with Crippen LogP contribution in [-0.2, 0) is 23.1 Å². The van der Waals surface area contributed by atoms with Gasteiger partial charge in [-0.25, -0.2) is 19.5 Å². The van der Waals surface area contributed by atoms with Crippen LogP contribution in [0.1, 0.15) is 90.2 Å². The van der Waals surface area contributed by atoms with E-state index in [1.807, 2.05) is 0 Å². The van der Waals surface area contributed by atoms with Crippen LogP contribution in [-0.4, -0.2) is 55.9 Å². The molecular formula is C24H40N5O6P. The van der Waals surface area contributed by atoms with Gasteiger partial charge in [0.2, 0.25) is 0 Å². The smallest absolute Gasteiger partial charge is 0.382 e. The number of ether oxygens (including phenoxy) is 2. The lowest BCUT2D eigenvalue weighted by Crippen LogP contribution is -2.40. The fourth-order valence-electron chi connectivity index (χ4n) is 4.94. The number of hydrogen-bond donors (Lipinski definition) is 2. The molecule has 0 radical (unpaired) electrons. The molecule has 11 nitrogen and oxygen atoms in total. The SMILES string of the molecule is CCCCCCCCCCCCCCO[C@@H]1[C@@H]2OP(=O)(O)OC[C@H]2O[C@H]1n1cnc2c(N)ncnc21. The Morgan fingerprint density at radius 2 is 1.72 bits per heavy atom. The average molecular weight is 526 g/mol. The molecule has 1 unspecified atom stereocenters. The molecular weight excluding hydrogens is 485 g/mol. The molecule has 0 aliphatic carbocycles. The molecule has 0 spiro atoms. The molecule has 2 saturated heterocycles. The topological polar surface area (TPSA) is 144 Å². The molecule has 0 aromatic carbocycles. The Hall–Kier alpha value is -1.62. The summed E-state index contributed by atoms with van der Waals surface area (Å²) < 4.78 is 36.5. The average Bonchev–Trinajstić information content (AvgIpc) is 3.43. The van der Waals surface area contributed by atoms with E-state index in [-0.39, 0.29) is 12.4 Å². The summed E-state index contributed by atoms with van der Waals surface area (Å²) in [5, 5.41) is 0. The van der Waals surface area contributed by atoms with Gasteiger partial charge in [0, 0.05) is 6.61 Å². The Bertz CT molecular complexity index is 1010. The third-order valence-corrected chi connectivity index (χ3v) is 7.90. The number of phosphoric acid groups is 1. The van der Waals surface area contributed by atoms with E-state index in [4.69, 9.17) is 24.3 Å². The van der Waals surface area contributed by atoms with Gasteiger partial charge in [-0.2, -0.15) is 0 Å². The van der Waals surface area contributed by atoms with Gasteiger partial charge in [-0.3, -0.25) is 13.6 Å². The minimum absolute atomic E-state index is 0.0584. The van der Waals surface area contributed by atoms with Crippen molar-refractivity contribution in [2.45, 2.75) is 109 Å². The van der Waals surface area contributed by atoms with Gasteiger partial charge < -0.3 is 20.1 Å². The Kier molecular flexibility index (Phi) is 10.1. The maximum absolute atomic E-state index is 12.1. The van der Waals surface area contributed by atoms with Crippen LogP contribution in [0.2, 0.25) is 0 Å². The summed E-state index contributed by atoms with van der Waals surface area (Å²) in [4.78, 5) is 22.5. The molecule has 0 saturated carbocycles. The predicted molar refractivity (Wildman–Crippen MR) is 135 cm³/mol. The summed E-state index contributed by atoms with van der Waals surface area (Å²) in [6, 6.07) is 0. The zero-order valence-corrected chi connectivity index (χ0v) is 22.1. The molecule has 202 valence electrons. The van der Waals surface area contributed by atoms with Gasteiger partial charge in [-0.1, -0.05) is 77.6 Å². The molecule has 5 atom stereocenters. The van der Waals surface area contributed by atoms with Gasteiger partial charge >= 0.3 is 7.82 Å². The van der Waals surface area contributed by atoms with E-state index < -0.39 is 32.4 Å². The van der Waals surface area contributed by atoms with Gasteiger partial charge in [0.15, 0.2) is 17.7 Å². The largest absolute Gasteiger partial charge is 0.472 e. The molecule has 36 heavy (non-hydrogen) atoms. The van der Waals surface area contributed by atoms with Crippen molar-refractivity contribution < 1.29 is 28.0 Å². The van der Waals surface area contributed by atoms with E-state index in [2.05, 4.69) is 21.9 Å². The minimum Gasteiger partial charge on any atom is -0.382 e. The van der Waals surface area contributed by atoms with Crippen LogP contribution in [0.4, 0.5) is 5.82 Å². The lowest BCUT2D eigenvalue weighted by Gasteiger charge is -2.29. The number of imidazole rings is 1. The van der Waals surface area contributed by atoms with Crippen molar-refractivity contribution in [2.24, 2.45) is 0 Å². The van der Waals surface area contributed by atoms with Crippen molar-refractivity contribution in [1.82, 2.24) is 19.5 Å². The molecule has 2 aliphatic heterocycles. The van der Waals surface area contributed by atoms with Crippen molar-refractivity contribution >= 4 is 24.8 Å². The van der Waals surface area contributed by atoms with Gasteiger partial charge in [-0.05, 0) is 6.42 Å². The Labute approximate surface area is 212 Å². The van der Waals surface area contributed by atoms with Gasteiger partial charge in [-0.15, -0.1) is 0 Å². The first-order valence-corrected chi connectivity index (χ1v) is 14.9. The second-order valence-corrected chi connectivity index (χ2v) is 11.1. The number of aromatic nitrogens is 4. The monoisotopic (exact) mass is 525 g/mol. The zero-order valence-electron chi connectivity index (χ0n) is 21.2. The molecule has 4 heterocycles. The van der Waals surface area contributed by atoms with Crippen molar-refractivity contribution in [3.63, 3.8) is 0 Å². The number of anilines is 1. The second kappa shape index (κ2) is 13.3. The second-order valence-electron chi connectivity index (χ2n) is 9.71. The molecule has 4 rings (SSSR count). The third kappa shape index (κ3) is 7.02. The third-order valence-electron chi connectivity index (χ3n) is 6.91. The van der Waals surface area contributed by atoms with E-state index in [1.54, 1.807) is 10.9 Å². The molecule has 2 aromatic heterocycles. The number of unbranched alkanes of at least 4 members (excludes halogenated alkanes) is 11. The highest BCUT2D eigenvalue weighted by Gasteiger charge is 2.54. The van der Waals surface area contributed by atoms with E-state index in [1.165, 1.54) is 70.5 Å². The van der Waals surface area contributed by atoms with Crippen LogP contribution in [0.25, 0.3) is 11.2 Å². The maximum Gasteiger partial charge on any atom is 0.472 e. The number of fused-ring (bicyclic) bond motifs is 2. The van der Waals surface area contributed by atoms with E-state index in [9.17, 15) is 9.46 Å². The Morgan fingerprint density at radius 3 is 2.42 bits per heavy atom. The molecule has 0 amide bonds. The number of rotatable bonds is 15. The summed E-state index contributed by atoms with van der Waals surface area (Å²) in [6.07, 6.45) is 15.5. The molecule has 2 fully saturated rings. The van der Waals surface area contributed by atoms with Crippen LogP contribution in [0.15, 0.2) is 12.7 Å². The molecule has 2 aromatic rings. The highest BCUT2D eigenvalue weighted by atomic mass is 31.2. The van der Waals surface area contributed by atoms with Crippen LogP contribution in [0.3, 0.4) is 0 Å². The molecule has 2 aliphatic rings. The molecule has 12 heteroatoms. The standard InChI is InChI=1S/C24H40N5O6P/c1-2-3-4-5-6-7-8-9-10-11-12-13-14-32-21-20-18(15-33-36(30,31)35-20)34-24(21)29-17-28-19-22(25)26-16-27-23(19)29/h16-18,20-21,24H,2-15H2,1H3,(H,30,31)(H2,25,26,27)/t18-,20-,21-,24-/m1/s1. The van der Waals surface area contributed by atoms with Gasteiger partial charge in [0.05, 0.1) is 12.9 Å². The maximum atomic E-state index is 12.1. The quantitative estimate of drug-likeness (QED) is 0.243. The summed E-state index contributed by atoms with van der Waals surface area (Å²) >= 11 is 0.